The fraction of sp³-hybridized carbons (Fsp3) is 0.444. The number of aryl methyl sites for hydroxylation is 1. The number of benzene rings is 2. The quantitative estimate of drug-likeness (QED) is 0.461. The second kappa shape index (κ2) is 12.4. The highest BCUT2D eigenvalue weighted by Gasteiger charge is 2.46. The average Bonchev–Trinajstić information content (AvgIpc) is 3.29. The van der Waals surface area contributed by atoms with E-state index >= 15 is 0 Å². The van der Waals surface area contributed by atoms with Crippen LogP contribution in [-0.4, -0.2) is 88.0 Å². The van der Waals surface area contributed by atoms with Gasteiger partial charge in [0.1, 0.15) is 17.2 Å². The molecule has 2 aromatic rings. The number of aliphatic carboxylic acids is 1. The van der Waals surface area contributed by atoms with E-state index in [1.807, 2.05) is 13.8 Å². The van der Waals surface area contributed by atoms with Crippen LogP contribution in [0.1, 0.15) is 25.0 Å². The number of amides is 2. The normalized spacial score (nSPS) is 19.6. The molecule has 0 unspecified atom stereocenters. The summed E-state index contributed by atoms with van der Waals surface area (Å²) < 4.78 is 33.6. The molecule has 0 spiro atoms. The Balaban J connectivity index is 1.60. The van der Waals surface area contributed by atoms with Gasteiger partial charge in [-0.15, -0.1) is 11.8 Å². The lowest BCUT2D eigenvalue weighted by Crippen LogP contribution is -2.55. The molecule has 2 fully saturated rings. The number of hydrogen-bond acceptors (Lipinski definition) is 9. The number of hydrogen-bond donors (Lipinski definition) is 2. The van der Waals surface area contributed by atoms with Crippen LogP contribution in [0.15, 0.2) is 53.4 Å². The third-order valence-corrected chi connectivity index (χ3v) is 10.9. The summed E-state index contributed by atoms with van der Waals surface area (Å²) in [4.78, 5) is 40.1. The molecule has 2 aromatic carbocycles. The number of ether oxygens (including phenoxy) is 1. The minimum Gasteiger partial charge on any atom is -0.480 e. The number of nitrogens with one attached hydrogen (secondary N) is 1. The first kappa shape index (κ1) is 30.2. The molecule has 216 valence electrons. The number of carboxylic acids is 1. The molecular formula is C27H33N3O7S3. The van der Waals surface area contributed by atoms with E-state index in [9.17, 15) is 27.9 Å². The maximum atomic E-state index is 13.8. The van der Waals surface area contributed by atoms with Crippen molar-refractivity contribution in [1.29, 1.82) is 0 Å². The zero-order valence-corrected chi connectivity index (χ0v) is 25.0. The predicted octanol–water partition coefficient (Wildman–Crippen LogP) is 3.20. The number of sulfonamides is 1. The molecule has 2 atom stereocenters. The van der Waals surface area contributed by atoms with Crippen molar-refractivity contribution in [2.24, 2.45) is 0 Å². The van der Waals surface area contributed by atoms with Gasteiger partial charge in [0, 0.05) is 42.3 Å². The molecule has 0 saturated carbocycles. The Morgan fingerprint density at radius 3 is 2.27 bits per heavy atom. The SMILES string of the molecule is Cc1ccc(S(=O)(=O)N(C(=O)[C@H]2NC(C)(C)CS2)[C@@H](Cc2ccc(OC(=O)N3CCSCC3)cc2)C(=O)O)cc1. The molecule has 2 aliphatic rings. The molecule has 2 heterocycles. The van der Waals surface area contributed by atoms with Gasteiger partial charge < -0.3 is 14.7 Å². The number of carbonyl (C=O) groups excluding carboxylic acids is 2. The molecule has 2 saturated heterocycles. The highest BCUT2D eigenvalue weighted by atomic mass is 32.2. The third-order valence-electron chi connectivity index (χ3n) is 6.55. The molecule has 10 nitrogen and oxygen atoms in total. The van der Waals surface area contributed by atoms with Crippen LogP contribution in [0.5, 0.6) is 5.75 Å². The first-order valence-corrected chi connectivity index (χ1v) is 16.4. The van der Waals surface area contributed by atoms with Crippen LogP contribution in [0.25, 0.3) is 0 Å². The fourth-order valence-electron chi connectivity index (χ4n) is 4.34. The van der Waals surface area contributed by atoms with E-state index in [-0.39, 0.29) is 17.1 Å². The lowest BCUT2D eigenvalue weighted by atomic mass is 10.1. The molecule has 4 rings (SSSR count). The number of carboxylic acid groups (broad SMARTS) is 1. The van der Waals surface area contributed by atoms with Crippen molar-refractivity contribution in [1.82, 2.24) is 14.5 Å². The van der Waals surface area contributed by atoms with Crippen LogP contribution < -0.4 is 10.1 Å². The van der Waals surface area contributed by atoms with Crippen LogP contribution in [0.4, 0.5) is 4.79 Å². The van der Waals surface area contributed by atoms with Gasteiger partial charge in [-0.1, -0.05) is 29.8 Å². The van der Waals surface area contributed by atoms with Crippen molar-refractivity contribution in [2.75, 3.05) is 30.3 Å². The number of carbonyl (C=O) groups is 3. The topological polar surface area (TPSA) is 133 Å². The van der Waals surface area contributed by atoms with Gasteiger partial charge in [0.15, 0.2) is 0 Å². The van der Waals surface area contributed by atoms with E-state index in [1.165, 1.54) is 36.0 Å². The molecule has 2 N–H and O–H groups in total. The van der Waals surface area contributed by atoms with Gasteiger partial charge in [-0.05, 0) is 50.6 Å². The molecule has 2 aliphatic heterocycles. The molecule has 13 heteroatoms. The minimum absolute atomic E-state index is 0.168. The average molecular weight is 608 g/mol. The second-order valence-electron chi connectivity index (χ2n) is 10.3. The van der Waals surface area contributed by atoms with E-state index in [0.717, 1.165) is 17.1 Å². The van der Waals surface area contributed by atoms with Crippen LogP contribution in [0.2, 0.25) is 0 Å². The summed E-state index contributed by atoms with van der Waals surface area (Å²) in [5.41, 5.74) is 0.857. The van der Waals surface area contributed by atoms with E-state index in [0.29, 0.717) is 28.7 Å². The summed E-state index contributed by atoms with van der Waals surface area (Å²) in [6.45, 7) is 6.78. The highest BCUT2D eigenvalue weighted by Crippen LogP contribution is 2.31. The minimum atomic E-state index is -4.52. The van der Waals surface area contributed by atoms with Crippen LogP contribution in [0, 0.1) is 6.92 Å². The molecule has 0 radical (unpaired) electrons. The first-order chi connectivity index (χ1) is 18.9. The lowest BCUT2D eigenvalue weighted by Gasteiger charge is -2.31. The van der Waals surface area contributed by atoms with E-state index in [1.54, 1.807) is 47.9 Å². The largest absolute Gasteiger partial charge is 0.480 e. The van der Waals surface area contributed by atoms with Crippen molar-refractivity contribution in [3.8, 4) is 5.75 Å². The van der Waals surface area contributed by atoms with Crippen LogP contribution in [0.3, 0.4) is 0 Å². The monoisotopic (exact) mass is 607 g/mol. The standard InChI is InChI=1S/C27H33N3O7S3/c1-18-4-10-21(11-5-18)40(35,36)30(24(31)23-28-27(2,3)17-39-23)22(25(32)33)16-19-6-8-20(9-7-19)37-26(34)29-12-14-38-15-13-29/h4-11,22-23,28H,12-17H2,1-3H3,(H,32,33)/t22-,23-/m0/s1. The third kappa shape index (κ3) is 7.12. The zero-order chi connectivity index (χ0) is 29.1. The van der Waals surface area contributed by atoms with Gasteiger partial charge in [0.05, 0.1) is 4.90 Å². The lowest BCUT2D eigenvalue weighted by molar-refractivity contribution is -0.146. The maximum Gasteiger partial charge on any atom is 0.415 e. The Bertz CT molecular complexity index is 1340. The summed E-state index contributed by atoms with van der Waals surface area (Å²) >= 11 is 3.01. The van der Waals surface area contributed by atoms with Crippen molar-refractivity contribution >= 4 is 51.5 Å². The number of rotatable bonds is 8. The second-order valence-corrected chi connectivity index (χ2v) is 14.5. The molecule has 0 aliphatic carbocycles. The van der Waals surface area contributed by atoms with Gasteiger partial charge in [0.2, 0.25) is 0 Å². The summed E-state index contributed by atoms with van der Waals surface area (Å²) in [6.07, 6.45) is -0.730. The molecular weight excluding hydrogens is 575 g/mol. The van der Waals surface area contributed by atoms with Crippen molar-refractivity contribution < 1.29 is 32.6 Å². The number of nitrogens with zero attached hydrogens (tertiary/aromatic N) is 2. The molecule has 0 aromatic heterocycles. The molecule has 40 heavy (non-hydrogen) atoms. The Morgan fingerprint density at radius 2 is 1.73 bits per heavy atom. The first-order valence-electron chi connectivity index (χ1n) is 12.8. The van der Waals surface area contributed by atoms with Crippen molar-refractivity contribution in [3.05, 3.63) is 59.7 Å². The molecule has 0 bridgehead atoms. The van der Waals surface area contributed by atoms with Gasteiger partial charge in [0.25, 0.3) is 15.9 Å². The van der Waals surface area contributed by atoms with Gasteiger partial charge in [-0.3, -0.25) is 10.1 Å². The Labute approximate surface area is 242 Å². The maximum absolute atomic E-state index is 13.8. The summed E-state index contributed by atoms with van der Waals surface area (Å²) in [6, 6.07) is 10.4. The van der Waals surface area contributed by atoms with Crippen LogP contribution >= 0.6 is 23.5 Å². The summed E-state index contributed by atoms with van der Waals surface area (Å²) in [7, 11) is -4.52. The Kier molecular flexibility index (Phi) is 9.38. The molecule has 2 amide bonds. The fourth-order valence-corrected chi connectivity index (χ4v) is 8.18. The Hall–Kier alpha value is -2.74. The van der Waals surface area contributed by atoms with Crippen LogP contribution in [-0.2, 0) is 26.0 Å². The van der Waals surface area contributed by atoms with Crippen molar-refractivity contribution in [2.45, 2.75) is 49.0 Å². The summed E-state index contributed by atoms with van der Waals surface area (Å²) in [5.74, 6) is 0.234. The predicted molar refractivity (Wildman–Crippen MR) is 155 cm³/mol. The van der Waals surface area contributed by atoms with Gasteiger partial charge >= 0.3 is 12.1 Å². The zero-order valence-electron chi connectivity index (χ0n) is 22.5. The Morgan fingerprint density at radius 1 is 1.10 bits per heavy atom. The highest BCUT2D eigenvalue weighted by molar-refractivity contribution is 8.01. The number of thioether (sulfide) groups is 2. The smallest absolute Gasteiger partial charge is 0.415 e. The van der Waals surface area contributed by atoms with E-state index in [2.05, 4.69) is 5.32 Å². The van der Waals surface area contributed by atoms with E-state index in [4.69, 9.17) is 4.74 Å². The van der Waals surface area contributed by atoms with Crippen molar-refractivity contribution in [3.63, 3.8) is 0 Å². The summed E-state index contributed by atoms with van der Waals surface area (Å²) in [5, 5.41) is 12.4. The van der Waals surface area contributed by atoms with Gasteiger partial charge in [-0.2, -0.15) is 11.8 Å². The van der Waals surface area contributed by atoms with E-state index < -0.39 is 44.9 Å². The van der Waals surface area contributed by atoms with Gasteiger partial charge in [-0.25, -0.2) is 22.3 Å².